The van der Waals surface area contributed by atoms with Crippen molar-refractivity contribution in [3.05, 3.63) is 0 Å². The summed E-state index contributed by atoms with van der Waals surface area (Å²) in [6.07, 6.45) is 8.28. The summed E-state index contributed by atoms with van der Waals surface area (Å²) in [6.45, 7) is 7.77. The van der Waals surface area contributed by atoms with Crippen LogP contribution in [0.1, 0.15) is 58.8 Å². The minimum absolute atomic E-state index is 0. The van der Waals surface area contributed by atoms with Crippen LogP contribution in [0.15, 0.2) is 4.99 Å². The molecule has 5 nitrogen and oxygen atoms in total. The zero-order valence-electron chi connectivity index (χ0n) is 17.1. The first-order valence-corrected chi connectivity index (χ1v) is 10.2. The smallest absolute Gasteiger partial charge is 0.220 e. The maximum Gasteiger partial charge on any atom is 0.220 e. The predicted molar refractivity (Wildman–Crippen MR) is 120 cm³/mol. The molecule has 1 saturated heterocycles. The lowest BCUT2D eigenvalue weighted by atomic mass is 9.77. The van der Waals surface area contributed by atoms with Crippen LogP contribution in [0.5, 0.6) is 0 Å². The average molecular weight is 478 g/mol. The Bertz CT molecular complexity index is 439. The molecular formula is C20H39IN4O. The number of aliphatic imine (C=N–C) groups is 1. The van der Waals surface area contributed by atoms with Gasteiger partial charge in [0.05, 0.1) is 0 Å². The van der Waals surface area contributed by atoms with Gasteiger partial charge < -0.3 is 15.5 Å². The number of nitrogens with zero attached hydrogens (tertiary/aromatic N) is 2. The van der Waals surface area contributed by atoms with Crippen LogP contribution in [-0.4, -0.2) is 50.5 Å². The van der Waals surface area contributed by atoms with Gasteiger partial charge >= 0.3 is 0 Å². The minimum Gasteiger partial charge on any atom is -0.359 e. The van der Waals surface area contributed by atoms with E-state index < -0.39 is 0 Å². The highest BCUT2D eigenvalue weighted by atomic mass is 127. The van der Waals surface area contributed by atoms with E-state index in [2.05, 4.69) is 34.4 Å². The zero-order chi connectivity index (χ0) is 18.2. The highest BCUT2D eigenvalue weighted by Gasteiger charge is 2.25. The Balaban J connectivity index is 0.00000338. The largest absolute Gasteiger partial charge is 0.359 e. The number of amides is 1. The van der Waals surface area contributed by atoms with Gasteiger partial charge in [-0.3, -0.25) is 9.79 Å². The van der Waals surface area contributed by atoms with Gasteiger partial charge in [-0.1, -0.05) is 13.8 Å². The average Bonchev–Trinajstić information content (AvgIpc) is 2.63. The van der Waals surface area contributed by atoms with E-state index >= 15 is 0 Å². The van der Waals surface area contributed by atoms with Crippen LogP contribution in [0.4, 0.5) is 0 Å². The van der Waals surface area contributed by atoms with E-state index in [1.807, 2.05) is 7.05 Å². The van der Waals surface area contributed by atoms with Gasteiger partial charge in [-0.25, -0.2) is 0 Å². The monoisotopic (exact) mass is 478 g/mol. The standard InChI is InChI=1S/C20H38N4O.HI/c1-15(2)18-7-5-17(6-8-18)14-23-20(22-4)24-11-9-16(10-12-24)13-19(25)21-3;/h15-18H,5-14H2,1-4H3,(H,21,25)(H,22,23);1H. The summed E-state index contributed by atoms with van der Waals surface area (Å²) in [6, 6.07) is 0. The van der Waals surface area contributed by atoms with Crippen molar-refractivity contribution in [2.75, 3.05) is 33.7 Å². The molecule has 2 fully saturated rings. The molecule has 0 atom stereocenters. The van der Waals surface area contributed by atoms with Gasteiger partial charge in [0.1, 0.15) is 0 Å². The van der Waals surface area contributed by atoms with E-state index in [1.54, 1.807) is 7.05 Å². The Morgan fingerprint density at radius 2 is 1.69 bits per heavy atom. The summed E-state index contributed by atoms with van der Waals surface area (Å²) in [5, 5.41) is 6.35. The number of likely N-dealkylation sites (tertiary alicyclic amines) is 1. The number of hydrogen-bond donors (Lipinski definition) is 2. The first-order valence-electron chi connectivity index (χ1n) is 10.2. The summed E-state index contributed by atoms with van der Waals surface area (Å²) in [4.78, 5) is 18.4. The molecule has 0 unspecified atom stereocenters. The second-order valence-corrected chi connectivity index (χ2v) is 8.26. The van der Waals surface area contributed by atoms with Crippen LogP contribution in [0, 0.1) is 23.7 Å². The van der Waals surface area contributed by atoms with Crippen molar-refractivity contribution in [3.8, 4) is 0 Å². The normalized spacial score (nSPS) is 25.0. The number of carbonyl (C=O) groups excluding carboxylic acids is 1. The van der Waals surface area contributed by atoms with Gasteiger partial charge in [-0.05, 0) is 62.2 Å². The van der Waals surface area contributed by atoms with Gasteiger partial charge in [-0.15, -0.1) is 24.0 Å². The zero-order valence-corrected chi connectivity index (χ0v) is 19.4. The Morgan fingerprint density at radius 1 is 1.08 bits per heavy atom. The molecule has 1 saturated carbocycles. The lowest BCUT2D eigenvalue weighted by Crippen LogP contribution is -2.47. The molecule has 0 aromatic heterocycles. The molecule has 1 aliphatic heterocycles. The van der Waals surface area contributed by atoms with Crippen molar-refractivity contribution in [1.29, 1.82) is 0 Å². The third kappa shape index (κ3) is 7.24. The molecule has 0 radical (unpaired) electrons. The topological polar surface area (TPSA) is 56.7 Å². The Hall–Kier alpha value is -0.530. The molecule has 2 rings (SSSR count). The molecule has 1 heterocycles. The molecule has 2 N–H and O–H groups in total. The molecule has 6 heteroatoms. The van der Waals surface area contributed by atoms with Gasteiger partial charge in [0.2, 0.25) is 5.91 Å². The van der Waals surface area contributed by atoms with Crippen LogP contribution in [0.2, 0.25) is 0 Å². The molecule has 0 aromatic rings. The van der Waals surface area contributed by atoms with Crippen molar-refractivity contribution in [2.24, 2.45) is 28.7 Å². The van der Waals surface area contributed by atoms with Crippen molar-refractivity contribution >= 4 is 35.8 Å². The SMILES string of the molecule is CN=C(NCC1CCC(C(C)C)CC1)N1CCC(CC(=O)NC)CC1.I. The fourth-order valence-corrected chi connectivity index (χ4v) is 4.34. The first-order chi connectivity index (χ1) is 12.0. The number of piperidine rings is 1. The van der Waals surface area contributed by atoms with Gasteiger partial charge in [0.25, 0.3) is 0 Å². The molecule has 1 aliphatic carbocycles. The second kappa shape index (κ2) is 12.0. The predicted octanol–water partition coefficient (Wildman–Crippen LogP) is 3.49. The van der Waals surface area contributed by atoms with Crippen molar-refractivity contribution in [1.82, 2.24) is 15.5 Å². The van der Waals surface area contributed by atoms with Gasteiger partial charge in [0, 0.05) is 40.2 Å². The molecule has 152 valence electrons. The van der Waals surface area contributed by atoms with Crippen LogP contribution >= 0.6 is 24.0 Å². The molecule has 0 aromatic carbocycles. The number of nitrogens with one attached hydrogen (secondary N) is 2. The van der Waals surface area contributed by atoms with Crippen molar-refractivity contribution in [2.45, 2.75) is 58.8 Å². The number of carbonyl (C=O) groups is 1. The van der Waals surface area contributed by atoms with E-state index in [0.29, 0.717) is 12.3 Å². The summed E-state index contributed by atoms with van der Waals surface area (Å²) in [5.41, 5.74) is 0. The number of rotatable bonds is 5. The molecule has 0 spiro atoms. The Morgan fingerprint density at radius 3 is 2.19 bits per heavy atom. The highest BCUT2D eigenvalue weighted by Crippen LogP contribution is 2.32. The lowest BCUT2D eigenvalue weighted by Gasteiger charge is -2.35. The summed E-state index contributed by atoms with van der Waals surface area (Å²) >= 11 is 0. The number of halogens is 1. The van der Waals surface area contributed by atoms with E-state index in [1.165, 1.54) is 25.7 Å². The van der Waals surface area contributed by atoms with Crippen LogP contribution < -0.4 is 10.6 Å². The Kier molecular flexibility index (Phi) is 10.9. The second-order valence-electron chi connectivity index (χ2n) is 8.26. The summed E-state index contributed by atoms with van der Waals surface area (Å²) < 4.78 is 0. The number of hydrogen-bond acceptors (Lipinski definition) is 2. The summed E-state index contributed by atoms with van der Waals surface area (Å²) in [5.74, 6) is 4.27. The van der Waals surface area contributed by atoms with Gasteiger partial charge in [-0.2, -0.15) is 0 Å². The minimum atomic E-state index is 0. The van der Waals surface area contributed by atoms with Crippen molar-refractivity contribution < 1.29 is 4.79 Å². The fourth-order valence-electron chi connectivity index (χ4n) is 4.34. The van der Waals surface area contributed by atoms with Crippen LogP contribution in [0.3, 0.4) is 0 Å². The van der Waals surface area contributed by atoms with Crippen LogP contribution in [-0.2, 0) is 4.79 Å². The van der Waals surface area contributed by atoms with Crippen molar-refractivity contribution in [3.63, 3.8) is 0 Å². The molecule has 0 bridgehead atoms. The van der Waals surface area contributed by atoms with E-state index in [9.17, 15) is 4.79 Å². The van der Waals surface area contributed by atoms with E-state index in [0.717, 1.165) is 56.2 Å². The van der Waals surface area contributed by atoms with Crippen LogP contribution in [0.25, 0.3) is 0 Å². The molecular weight excluding hydrogens is 439 g/mol. The van der Waals surface area contributed by atoms with E-state index in [4.69, 9.17) is 0 Å². The summed E-state index contributed by atoms with van der Waals surface area (Å²) in [7, 11) is 3.60. The third-order valence-corrected chi connectivity index (χ3v) is 6.26. The fraction of sp³-hybridized carbons (Fsp3) is 0.900. The van der Waals surface area contributed by atoms with E-state index in [-0.39, 0.29) is 29.9 Å². The molecule has 26 heavy (non-hydrogen) atoms. The maximum atomic E-state index is 11.5. The number of guanidine groups is 1. The third-order valence-electron chi connectivity index (χ3n) is 6.26. The Labute approximate surface area is 177 Å². The quantitative estimate of drug-likeness (QED) is 0.362. The molecule has 2 aliphatic rings. The highest BCUT2D eigenvalue weighted by molar-refractivity contribution is 14.0. The lowest BCUT2D eigenvalue weighted by molar-refractivity contribution is -0.121. The first kappa shape index (κ1) is 23.5. The molecule has 1 amide bonds. The maximum absolute atomic E-state index is 11.5. The van der Waals surface area contributed by atoms with Gasteiger partial charge in [0.15, 0.2) is 5.96 Å².